The SMILES string of the molecule is CCOC(=O)c1nc(CC2CC2)oc1N. The molecule has 82 valence electrons. The summed E-state index contributed by atoms with van der Waals surface area (Å²) in [5, 5.41) is 0. The van der Waals surface area contributed by atoms with Gasteiger partial charge >= 0.3 is 5.97 Å². The third kappa shape index (κ3) is 2.29. The number of oxazole rings is 1. The van der Waals surface area contributed by atoms with Crippen molar-refractivity contribution in [1.29, 1.82) is 0 Å². The van der Waals surface area contributed by atoms with E-state index in [1.807, 2.05) is 0 Å². The van der Waals surface area contributed by atoms with E-state index in [-0.39, 0.29) is 11.6 Å². The quantitative estimate of drug-likeness (QED) is 0.759. The summed E-state index contributed by atoms with van der Waals surface area (Å²) in [7, 11) is 0. The molecule has 0 bridgehead atoms. The van der Waals surface area contributed by atoms with E-state index in [2.05, 4.69) is 4.98 Å². The predicted molar refractivity (Wildman–Crippen MR) is 53.3 cm³/mol. The van der Waals surface area contributed by atoms with Crippen LogP contribution in [0.25, 0.3) is 0 Å². The Morgan fingerprint density at radius 3 is 3.00 bits per heavy atom. The van der Waals surface area contributed by atoms with E-state index in [9.17, 15) is 4.79 Å². The average Bonchev–Trinajstić information content (AvgIpc) is 2.90. The van der Waals surface area contributed by atoms with Crippen LogP contribution in [0.2, 0.25) is 0 Å². The number of anilines is 1. The molecule has 1 aliphatic rings. The molecule has 0 amide bonds. The second-order valence-electron chi connectivity index (χ2n) is 3.69. The fourth-order valence-electron chi connectivity index (χ4n) is 1.38. The van der Waals surface area contributed by atoms with Gasteiger partial charge in [0.25, 0.3) is 0 Å². The number of nitrogens with two attached hydrogens (primary N) is 1. The normalized spacial score (nSPS) is 15.3. The number of nitrogen functional groups attached to an aromatic ring is 1. The molecule has 0 radical (unpaired) electrons. The minimum Gasteiger partial charge on any atom is -0.461 e. The van der Waals surface area contributed by atoms with Crippen molar-refractivity contribution in [1.82, 2.24) is 4.98 Å². The lowest BCUT2D eigenvalue weighted by atomic mass is 10.3. The zero-order valence-electron chi connectivity index (χ0n) is 8.66. The van der Waals surface area contributed by atoms with Crippen molar-refractivity contribution in [2.75, 3.05) is 12.3 Å². The summed E-state index contributed by atoms with van der Waals surface area (Å²) in [4.78, 5) is 15.4. The molecule has 1 heterocycles. The number of esters is 1. The number of carbonyl (C=O) groups excluding carboxylic acids is 1. The van der Waals surface area contributed by atoms with Gasteiger partial charge in [-0.3, -0.25) is 0 Å². The van der Waals surface area contributed by atoms with E-state index >= 15 is 0 Å². The number of rotatable bonds is 4. The summed E-state index contributed by atoms with van der Waals surface area (Å²) < 4.78 is 10.0. The summed E-state index contributed by atoms with van der Waals surface area (Å²) in [6, 6.07) is 0. The fourth-order valence-corrected chi connectivity index (χ4v) is 1.38. The van der Waals surface area contributed by atoms with Crippen LogP contribution in [0.3, 0.4) is 0 Å². The van der Waals surface area contributed by atoms with E-state index in [1.165, 1.54) is 12.8 Å². The molecule has 15 heavy (non-hydrogen) atoms. The second-order valence-corrected chi connectivity index (χ2v) is 3.69. The number of hydrogen-bond donors (Lipinski definition) is 1. The Hall–Kier alpha value is -1.52. The molecule has 0 atom stereocenters. The Morgan fingerprint density at radius 2 is 2.40 bits per heavy atom. The van der Waals surface area contributed by atoms with E-state index in [0.717, 1.165) is 6.42 Å². The van der Waals surface area contributed by atoms with Crippen molar-refractivity contribution in [3.05, 3.63) is 11.6 Å². The molecular formula is C10H14N2O3. The highest BCUT2D eigenvalue weighted by Gasteiger charge is 2.26. The lowest BCUT2D eigenvalue weighted by Gasteiger charge is -1.96. The number of aromatic nitrogens is 1. The van der Waals surface area contributed by atoms with Gasteiger partial charge in [0.1, 0.15) is 0 Å². The van der Waals surface area contributed by atoms with Crippen LogP contribution >= 0.6 is 0 Å². The van der Waals surface area contributed by atoms with Crippen LogP contribution in [0, 0.1) is 5.92 Å². The summed E-state index contributed by atoms with van der Waals surface area (Å²) in [5.41, 5.74) is 5.64. The van der Waals surface area contributed by atoms with Gasteiger partial charge in [0.05, 0.1) is 6.61 Å². The van der Waals surface area contributed by atoms with Crippen molar-refractivity contribution in [3.63, 3.8) is 0 Å². The van der Waals surface area contributed by atoms with Gasteiger partial charge < -0.3 is 14.9 Å². The maximum absolute atomic E-state index is 11.4. The molecular weight excluding hydrogens is 196 g/mol. The molecule has 5 nitrogen and oxygen atoms in total. The van der Waals surface area contributed by atoms with Gasteiger partial charge in [-0.2, -0.15) is 0 Å². The van der Waals surface area contributed by atoms with Crippen LogP contribution in [-0.2, 0) is 11.2 Å². The maximum Gasteiger partial charge on any atom is 0.362 e. The van der Waals surface area contributed by atoms with Crippen molar-refractivity contribution < 1.29 is 13.9 Å². The average molecular weight is 210 g/mol. The van der Waals surface area contributed by atoms with Crippen molar-refractivity contribution in [2.45, 2.75) is 26.2 Å². The molecule has 0 unspecified atom stereocenters. The van der Waals surface area contributed by atoms with Gasteiger partial charge in [0.2, 0.25) is 11.6 Å². The molecule has 0 spiro atoms. The van der Waals surface area contributed by atoms with E-state index < -0.39 is 5.97 Å². The molecule has 1 aromatic rings. The Labute approximate surface area is 87.6 Å². The molecule has 0 aliphatic heterocycles. The zero-order chi connectivity index (χ0) is 10.8. The Kier molecular flexibility index (Phi) is 2.62. The fraction of sp³-hybridized carbons (Fsp3) is 0.600. The predicted octanol–water partition coefficient (Wildman–Crippen LogP) is 1.39. The molecule has 1 aromatic heterocycles. The second kappa shape index (κ2) is 3.92. The lowest BCUT2D eigenvalue weighted by molar-refractivity contribution is 0.0521. The highest BCUT2D eigenvalue weighted by Crippen LogP contribution is 2.33. The molecule has 5 heteroatoms. The molecule has 1 saturated carbocycles. The summed E-state index contributed by atoms with van der Waals surface area (Å²) in [6.07, 6.45) is 3.18. The minimum atomic E-state index is -0.513. The highest BCUT2D eigenvalue weighted by molar-refractivity contribution is 5.91. The zero-order valence-corrected chi connectivity index (χ0v) is 8.66. The largest absolute Gasteiger partial charge is 0.461 e. The van der Waals surface area contributed by atoms with Crippen LogP contribution in [0.1, 0.15) is 36.1 Å². The standard InChI is InChI=1S/C10H14N2O3/c1-2-14-10(13)8-9(11)15-7(12-8)5-6-3-4-6/h6H,2-5,11H2,1H3. The van der Waals surface area contributed by atoms with Crippen molar-refractivity contribution >= 4 is 11.9 Å². The Bertz CT molecular complexity index is 369. The van der Waals surface area contributed by atoms with Crippen LogP contribution < -0.4 is 5.73 Å². The molecule has 0 saturated heterocycles. The van der Waals surface area contributed by atoms with E-state index in [1.54, 1.807) is 6.92 Å². The number of carbonyl (C=O) groups is 1. The maximum atomic E-state index is 11.4. The first-order valence-electron chi connectivity index (χ1n) is 5.13. The van der Waals surface area contributed by atoms with Gasteiger partial charge in [-0.25, -0.2) is 9.78 Å². The first-order valence-corrected chi connectivity index (χ1v) is 5.13. The monoisotopic (exact) mass is 210 g/mol. The van der Waals surface area contributed by atoms with Gasteiger partial charge in [0, 0.05) is 6.42 Å². The van der Waals surface area contributed by atoms with Gasteiger partial charge in [-0.15, -0.1) is 0 Å². The Balaban J connectivity index is 2.09. The molecule has 2 N–H and O–H groups in total. The lowest BCUT2D eigenvalue weighted by Crippen LogP contribution is -2.07. The third-order valence-corrected chi connectivity index (χ3v) is 2.33. The smallest absolute Gasteiger partial charge is 0.362 e. The van der Waals surface area contributed by atoms with E-state index in [0.29, 0.717) is 18.4 Å². The first-order chi connectivity index (χ1) is 7.20. The summed E-state index contributed by atoms with van der Waals surface area (Å²) >= 11 is 0. The van der Waals surface area contributed by atoms with Crippen LogP contribution in [0.4, 0.5) is 5.88 Å². The van der Waals surface area contributed by atoms with Crippen molar-refractivity contribution in [2.24, 2.45) is 5.92 Å². The van der Waals surface area contributed by atoms with Gasteiger partial charge in [-0.05, 0) is 25.7 Å². The van der Waals surface area contributed by atoms with Gasteiger partial charge in [-0.1, -0.05) is 0 Å². The van der Waals surface area contributed by atoms with Gasteiger partial charge in [0.15, 0.2) is 5.89 Å². The Morgan fingerprint density at radius 1 is 1.67 bits per heavy atom. The van der Waals surface area contributed by atoms with Crippen LogP contribution in [0.15, 0.2) is 4.42 Å². The minimum absolute atomic E-state index is 0.0594. The number of ether oxygens (including phenoxy) is 1. The molecule has 0 aromatic carbocycles. The van der Waals surface area contributed by atoms with Crippen LogP contribution in [-0.4, -0.2) is 17.6 Å². The topological polar surface area (TPSA) is 78.3 Å². The van der Waals surface area contributed by atoms with E-state index in [4.69, 9.17) is 14.9 Å². The van der Waals surface area contributed by atoms with Crippen molar-refractivity contribution in [3.8, 4) is 0 Å². The molecule has 1 aliphatic carbocycles. The number of hydrogen-bond acceptors (Lipinski definition) is 5. The third-order valence-electron chi connectivity index (χ3n) is 2.33. The summed E-state index contributed by atoms with van der Waals surface area (Å²) in [6.45, 7) is 2.04. The highest BCUT2D eigenvalue weighted by atomic mass is 16.5. The molecule has 2 rings (SSSR count). The number of nitrogens with zero attached hydrogens (tertiary/aromatic N) is 1. The molecule has 1 fully saturated rings. The van der Waals surface area contributed by atoms with Crippen LogP contribution in [0.5, 0.6) is 0 Å². The first kappa shape index (κ1) is 10.0. The summed E-state index contributed by atoms with van der Waals surface area (Å²) in [5.74, 6) is 0.737.